The van der Waals surface area contributed by atoms with Crippen molar-refractivity contribution < 1.29 is 23.2 Å². The minimum absolute atomic E-state index is 0.0234. The third-order valence-corrected chi connectivity index (χ3v) is 19.9. The Labute approximate surface area is 260 Å². The van der Waals surface area contributed by atoms with Crippen LogP contribution in [-0.2, 0) is 23.2 Å². The molecule has 2 aliphatic rings. The van der Waals surface area contributed by atoms with Gasteiger partial charge in [-0.15, -0.1) is 0 Å². The Morgan fingerprint density at radius 2 is 1.57 bits per heavy atom. The molecule has 0 saturated carbocycles. The van der Waals surface area contributed by atoms with E-state index in [1.807, 2.05) is 13.8 Å². The highest BCUT2D eigenvalue weighted by Gasteiger charge is 2.46. The largest absolute Gasteiger partial charge is 0.461 e. The second-order valence-electron chi connectivity index (χ2n) is 16.2. The number of esters is 1. The van der Waals surface area contributed by atoms with E-state index in [1.54, 1.807) is 0 Å². The van der Waals surface area contributed by atoms with Crippen LogP contribution in [0.15, 0.2) is 23.8 Å². The molecule has 7 atom stereocenters. The molecule has 2 aliphatic carbocycles. The van der Waals surface area contributed by atoms with Gasteiger partial charge in [0.2, 0.25) is 0 Å². The summed E-state index contributed by atoms with van der Waals surface area (Å²) in [7, 11) is -3.96. The van der Waals surface area contributed by atoms with Crippen molar-refractivity contribution >= 4 is 28.4 Å². The van der Waals surface area contributed by atoms with Crippen molar-refractivity contribution in [2.75, 3.05) is 0 Å². The van der Waals surface area contributed by atoms with Gasteiger partial charge in [0.25, 0.3) is 0 Å². The zero-order chi connectivity index (χ0) is 32.3. The summed E-state index contributed by atoms with van der Waals surface area (Å²) < 4.78 is 19.8. The molecule has 0 aromatic rings. The summed E-state index contributed by atoms with van der Waals surface area (Å²) in [5.41, 5.74) is 1.20. The van der Waals surface area contributed by atoms with E-state index in [0.29, 0.717) is 25.2 Å². The predicted octanol–water partition coefficient (Wildman–Crippen LogP) is 9.64. The number of fused-ring (bicyclic) bond motifs is 1. The van der Waals surface area contributed by atoms with Gasteiger partial charge in [-0.1, -0.05) is 87.5 Å². The van der Waals surface area contributed by atoms with Gasteiger partial charge in [-0.2, -0.15) is 0 Å². The Morgan fingerprint density at radius 3 is 2.10 bits per heavy atom. The number of ketones is 1. The molecule has 7 heteroatoms. The Bertz CT molecular complexity index is 984. The molecule has 42 heavy (non-hydrogen) atoms. The standard InChI is InChI=1S/C35H64O5Si2/c1-15-24(3)33(37)38-31-23-29(40-42(13,14)35(8,9)10)21-26-18-17-25(4)30(32(26)31)20-19-27(36)22-28(16-2)39-41(11,12)34(5,6)7/h17-18,21,24-25,28-32H,15-16,19-20,22-23H2,1-14H3/t24-,25-,28+,29+,30-,31-,32-/m0/s1. The maximum atomic E-state index is 13.3. The minimum Gasteiger partial charge on any atom is -0.461 e. The topological polar surface area (TPSA) is 61.8 Å². The van der Waals surface area contributed by atoms with Crippen molar-refractivity contribution in [2.24, 2.45) is 23.7 Å². The fourth-order valence-electron chi connectivity index (χ4n) is 5.59. The molecule has 0 fully saturated rings. The quantitative estimate of drug-likeness (QED) is 0.152. The number of carbonyl (C=O) groups is 2. The zero-order valence-electron chi connectivity index (χ0n) is 29.6. The lowest BCUT2D eigenvalue weighted by Gasteiger charge is -2.46. The molecule has 2 rings (SSSR count). The van der Waals surface area contributed by atoms with Crippen LogP contribution in [-0.4, -0.2) is 46.7 Å². The molecule has 0 aliphatic heterocycles. The molecule has 0 spiro atoms. The first-order chi connectivity index (χ1) is 19.1. The van der Waals surface area contributed by atoms with E-state index >= 15 is 0 Å². The highest BCUT2D eigenvalue weighted by atomic mass is 28.4. The van der Waals surface area contributed by atoms with Crippen LogP contribution in [0.5, 0.6) is 0 Å². The molecule has 0 saturated heterocycles. The van der Waals surface area contributed by atoms with Gasteiger partial charge in [-0.05, 0) is 72.9 Å². The van der Waals surface area contributed by atoms with Crippen LogP contribution >= 0.6 is 0 Å². The molecular weight excluding hydrogens is 557 g/mol. The van der Waals surface area contributed by atoms with Crippen molar-refractivity contribution in [3.8, 4) is 0 Å². The molecule has 242 valence electrons. The molecule has 0 bridgehead atoms. The summed E-state index contributed by atoms with van der Waals surface area (Å²) >= 11 is 0. The lowest BCUT2D eigenvalue weighted by Crippen LogP contribution is -2.48. The Morgan fingerprint density at radius 1 is 0.976 bits per heavy atom. The summed E-state index contributed by atoms with van der Waals surface area (Å²) in [4.78, 5) is 26.5. The third-order valence-electron chi connectivity index (χ3n) is 10.8. The van der Waals surface area contributed by atoms with Crippen LogP contribution in [0.2, 0.25) is 36.3 Å². The first-order valence-electron chi connectivity index (χ1n) is 16.6. The summed E-state index contributed by atoms with van der Waals surface area (Å²) in [6.07, 6.45) is 10.5. The van der Waals surface area contributed by atoms with Gasteiger partial charge in [0, 0.05) is 25.2 Å². The summed E-state index contributed by atoms with van der Waals surface area (Å²) in [6.45, 7) is 30.9. The summed E-state index contributed by atoms with van der Waals surface area (Å²) in [5, 5.41) is 0.209. The Kier molecular flexibility index (Phi) is 12.7. The average Bonchev–Trinajstić information content (AvgIpc) is 2.85. The number of hydrogen-bond acceptors (Lipinski definition) is 5. The highest BCUT2D eigenvalue weighted by molar-refractivity contribution is 6.74. The lowest BCUT2D eigenvalue weighted by molar-refractivity contribution is -0.159. The normalized spacial score (nSPS) is 26.7. The van der Waals surface area contributed by atoms with E-state index in [-0.39, 0.29) is 57.9 Å². The van der Waals surface area contributed by atoms with Crippen molar-refractivity contribution in [1.82, 2.24) is 0 Å². The minimum atomic E-state index is -2.02. The second-order valence-corrected chi connectivity index (χ2v) is 25.7. The smallest absolute Gasteiger partial charge is 0.308 e. The Hall–Kier alpha value is -1.03. The van der Waals surface area contributed by atoms with E-state index in [0.717, 1.165) is 19.3 Å². The van der Waals surface area contributed by atoms with Crippen molar-refractivity contribution in [2.45, 2.75) is 162 Å². The number of allylic oxidation sites excluding steroid dienone is 2. The van der Waals surface area contributed by atoms with E-state index in [4.69, 9.17) is 13.6 Å². The molecular formula is C35H64O5Si2. The SMILES string of the molecule is CC[C@H](CC(=O)CC[C@@H]1[C@@H]2C(=C[C@@H](O[Si](C)(C)C(C)(C)C)C[C@@H]2OC(=O)[C@@H](C)CC)C=C[C@@H]1C)O[Si](C)(C)C(C)(C)C. The third kappa shape index (κ3) is 9.49. The van der Waals surface area contributed by atoms with E-state index in [9.17, 15) is 9.59 Å². The van der Waals surface area contributed by atoms with Gasteiger partial charge in [0.15, 0.2) is 16.6 Å². The van der Waals surface area contributed by atoms with Gasteiger partial charge >= 0.3 is 5.97 Å². The monoisotopic (exact) mass is 620 g/mol. The van der Waals surface area contributed by atoms with E-state index in [2.05, 4.69) is 99.8 Å². The fourth-order valence-corrected chi connectivity index (χ4v) is 8.30. The van der Waals surface area contributed by atoms with Crippen LogP contribution in [0.4, 0.5) is 0 Å². The zero-order valence-corrected chi connectivity index (χ0v) is 31.6. The van der Waals surface area contributed by atoms with E-state index < -0.39 is 16.6 Å². The van der Waals surface area contributed by atoms with Crippen LogP contribution in [0.3, 0.4) is 0 Å². The lowest BCUT2D eigenvalue weighted by atomic mass is 9.66. The maximum absolute atomic E-state index is 13.3. The van der Waals surface area contributed by atoms with Gasteiger partial charge in [-0.25, -0.2) is 0 Å². The van der Waals surface area contributed by atoms with Gasteiger partial charge in [0.05, 0.1) is 18.1 Å². The van der Waals surface area contributed by atoms with Gasteiger partial charge in [0.1, 0.15) is 11.9 Å². The van der Waals surface area contributed by atoms with Gasteiger partial charge < -0.3 is 13.6 Å². The number of Topliss-reactive ketones (excluding diaryl/α,β-unsaturated/α-hetero) is 1. The molecule has 5 nitrogen and oxygen atoms in total. The fraction of sp³-hybridized carbons (Fsp3) is 0.829. The number of rotatable bonds is 13. The van der Waals surface area contributed by atoms with Gasteiger partial charge in [-0.3, -0.25) is 9.59 Å². The molecule has 0 N–H and O–H groups in total. The summed E-state index contributed by atoms with van der Waals surface area (Å²) in [5.74, 6) is 0.623. The van der Waals surface area contributed by atoms with Crippen molar-refractivity contribution in [1.29, 1.82) is 0 Å². The van der Waals surface area contributed by atoms with Crippen molar-refractivity contribution in [3.05, 3.63) is 23.8 Å². The number of hydrogen-bond donors (Lipinski definition) is 0. The van der Waals surface area contributed by atoms with E-state index in [1.165, 1.54) is 5.57 Å². The molecule has 0 aromatic heterocycles. The maximum Gasteiger partial charge on any atom is 0.308 e. The van der Waals surface area contributed by atoms with Crippen LogP contribution in [0.1, 0.15) is 108 Å². The Balaban J connectivity index is 2.27. The second kappa shape index (κ2) is 14.4. The van der Waals surface area contributed by atoms with Crippen LogP contribution in [0.25, 0.3) is 0 Å². The predicted molar refractivity (Wildman–Crippen MR) is 181 cm³/mol. The first kappa shape index (κ1) is 37.2. The molecule has 0 amide bonds. The number of ether oxygens (including phenoxy) is 1. The van der Waals surface area contributed by atoms with Crippen LogP contribution < -0.4 is 0 Å². The summed E-state index contributed by atoms with van der Waals surface area (Å²) in [6, 6.07) is 0. The van der Waals surface area contributed by atoms with Crippen molar-refractivity contribution in [3.63, 3.8) is 0 Å². The molecule has 0 heterocycles. The molecule has 0 aromatic carbocycles. The average molecular weight is 621 g/mol. The molecule has 0 unspecified atom stereocenters. The molecule has 0 radical (unpaired) electrons. The highest BCUT2D eigenvalue weighted by Crippen LogP contribution is 2.46. The number of carbonyl (C=O) groups excluding carboxylic acids is 2. The van der Waals surface area contributed by atoms with Crippen LogP contribution in [0, 0.1) is 23.7 Å². The first-order valence-corrected chi connectivity index (χ1v) is 22.4.